The van der Waals surface area contributed by atoms with Crippen molar-refractivity contribution in [2.24, 2.45) is 0 Å². The van der Waals surface area contributed by atoms with Crippen LogP contribution in [0.3, 0.4) is 0 Å². The second-order valence-electron chi connectivity index (χ2n) is 1.88. The predicted octanol–water partition coefficient (Wildman–Crippen LogP) is 0.743. The fourth-order valence-corrected chi connectivity index (χ4v) is 0.408. The lowest BCUT2D eigenvalue weighted by Gasteiger charge is -2.04. The third-order valence-electron chi connectivity index (χ3n) is 0.837. The van der Waals surface area contributed by atoms with Crippen molar-refractivity contribution in [3.63, 3.8) is 0 Å². The van der Waals surface area contributed by atoms with Gasteiger partial charge in [-0.1, -0.05) is 6.92 Å². The van der Waals surface area contributed by atoms with Crippen molar-refractivity contribution < 1.29 is 14.2 Å². The van der Waals surface area contributed by atoms with Crippen LogP contribution < -0.4 is 0 Å². The summed E-state index contributed by atoms with van der Waals surface area (Å²) in [5, 5.41) is 8.58. The Morgan fingerprint density at radius 3 is 2.78 bits per heavy atom. The van der Waals surface area contributed by atoms with E-state index in [1.807, 2.05) is 6.92 Å². The van der Waals surface area contributed by atoms with Crippen LogP contribution in [0.2, 0.25) is 0 Å². The molecule has 1 N–H and O–H groups in total. The zero-order valence-corrected chi connectivity index (χ0v) is 5.64. The Hall–Kier alpha value is -0.150. The first-order valence-electron chi connectivity index (χ1n) is 3.13. The molecule has 9 heavy (non-hydrogen) atoms. The summed E-state index contributed by atoms with van der Waals surface area (Å²) in [7, 11) is 0. The molecule has 0 aliphatic carbocycles. The number of aliphatic hydroxyl groups is 1. The Kier molecular flexibility index (Phi) is 5.88. The molecule has 0 amide bonds. The SMILES string of the molecule is CCCOCC(O)CF. The molecule has 0 fully saturated rings. The molecule has 1 unspecified atom stereocenters. The highest BCUT2D eigenvalue weighted by Gasteiger charge is 2.00. The number of hydrogen-bond donors (Lipinski definition) is 1. The third kappa shape index (κ3) is 5.73. The quantitative estimate of drug-likeness (QED) is 0.565. The summed E-state index contributed by atoms with van der Waals surface area (Å²) in [6, 6.07) is 0. The van der Waals surface area contributed by atoms with Gasteiger partial charge in [0.25, 0.3) is 0 Å². The van der Waals surface area contributed by atoms with E-state index >= 15 is 0 Å². The molecule has 0 heterocycles. The minimum atomic E-state index is -0.934. The molecule has 1 atom stereocenters. The van der Waals surface area contributed by atoms with Crippen molar-refractivity contribution in [3.05, 3.63) is 0 Å². The summed E-state index contributed by atoms with van der Waals surface area (Å²) in [5.74, 6) is 0. The Morgan fingerprint density at radius 2 is 2.33 bits per heavy atom. The van der Waals surface area contributed by atoms with Crippen LogP contribution in [-0.4, -0.2) is 31.1 Å². The summed E-state index contributed by atoms with van der Waals surface area (Å²) >= 11 is 0. The third-order valence-corrected chi connectivity index (χ3v) is 0.837. The van der Waals surface area contributed by atoms with Gasteiger partial charge in [0.05, 0.1) is 6.61 Å². The fourth-order valence-electron chi connectivity index (χ4n) is 0.408. The van der Waals surface area contributed by atoms with Gasteiger partial charge < -0.3 is 9.84 Å². The normalized spacial score (nSPS) is 13.7. The maximum atomic E-state index is 11.5. The van der Waals surface area contributed by atoms with Gasteiger partial charge in [-0.05, 0) is 6.42 Å². The molecule has 0 aromatic heterocycles. The molecule has 0 rings (SSSR count). The topological polar surface area (TPSA) is 29.5 Å². The Bertz CT molecular complexity index is 59.0. The van der Waals surface area contributed by atoms with Crippen LogP contribution in [0.5, 0.6) is 0 Å². The average Bonchev–Trinajstić information content (AvgIpc) is 1.89. The van der Waals surface area contributed by atoms with Gasteiger partial charge in [0.1, 0.15) is 12.8 Å². The Morgan fingerprint density at radius 1 is 1.67 bits per heavy atom. The van der Waals surface area contributed by atoms with Crippen molar-refractivity contribution in [1.82, 2.24) is 0 Å². The summed E-state index contributed by atoms with van der Waals surface area (Å²) in [6.45, 7) is 1.95. The molecule has 0 spiro atoms. The van der Waals surface area contributed by atoms with Gasteiger partial charge in [0, 0.05) is 6.61 Å². The van der Waals surface area contributed by atoms with Crippen LogP contribution in [0.15, 0.2) is 0 Å². The minimum absolute atomic E-state index is 0.115. The summed E-state index contributed by atoms with van der Waals surface area (Å²) in [6.07, 6.45) is -0.0320. The molecule has 0 aliphatic rings. The molecule has 0 radical (unpaired) electrons. The number of hydrogen-bond acceptors (Lipinski definition) is 2. The molecule has 3 heteroatoms. The number of aliphatic hydroxyl groups excluding tert-OH is 1. The van der Waals surface area contributed by atoms with Crippen molar-refractivity contribution >= 4 is 0 Å². The van der Waals surface area contributed by atoms with Gasteiger partial charge in [-0.15, -0.1) is 0 Å². The number of halogens is 1. The largest absolute Gasteiger partial charge is 0.388 e. The second-order valence-corrected chi connectivity index (χ2v) is 1.88. The standard InChI is InChI=1S/C6H13FO2/c1-2-3-9-5-6(8)4-7/h6,8H,2-5H2,1H3. The van der Waals surface area contributed by atoms with E-state index in [4.69, 9.17) is 9.84 Å². The van der Waals surface area contributed by atoms with E-state index in [-0.39, 0.29) is 6.61 Å². The molecule has 0 saturated heterocycles. The lowest BCUT2D eigenvalue weighted by Crippen LogP contribution is -2.17. The predicted molar refractivity (Wildman–Crippen MR) is 33.1 cm³/mol. The first-order valence-corrected chi connectivity index (χ1v) is 3.13. The van der Waals surface area contributed by atoms with E-state index in [1.54, 1.807) is 0 Å². The number of ether oxygens (including phenoxy) is 1. The van der Waals surface area contributed by atoms with Crippen LogP contribution in [0, 0.1) is 0 Å². The number of rotatable bonds is 5. The molecule has 0 bridgehead atoms. The lowest BCUT2D eigenvalue weighted by molar-refractivity contribution is 0.0245. The second kappa shape index (κ2) is 5.98. The van der Waals surface area contributed by atoms with Crippen LogP contribution in [-0.2, 0) is 4.74 Å². The van der Waals surface area contributed by atoms with E-state index in [2.05, 4.69) is 0 Å². The van der Waals surface area contributed by atoms with Gasteiger partial charge >= 0.3 is 0 Å². The number of alkyl halides is 1. The van der Waals surface area contributed by atoms with Crippen molar-refractivity contribution in [3.8, 4) is 0 Å². The van der Waals surface area contributed by atoms with Crippen LogP contribution in [0.25, 0.3) is 0 Å². The molecule has 0 aromatic rings. The highest BCUT2D eigenvalue weighted by atomic mass is 19.1. The zero-order chi connectivity index (χ0) is 7.11. The molecule has 0 aliphatic heterocycles. The highest BCUT2D eigenvalue weighted by Crippen LogP contribution is 1.87. The maximum absolute atomic E-state index is 11.5. The summed E-state index contributed by atoms with van der Waals surface area (Å²) < 4.78 is 16.3. The monoisotopic (exact) mass is 136 g/mol. The lowest BCUT2D eigenvalue weighted by atomic mass is 10.4. The van der Waals surface area contributed by atoms with E-state index in [9.17, 15) is 4.39 Å². The summed E-state index contributed by atoms with van der Waals surface area (Å²) in [5.41, 5.74) is 0. The van der Waals surface area contributed by atoms with Gasteiger partial charge in [-0.2, -0.15) is 0 Å². The molecular weight excluding hydrogens is 123 g/mol. The average molecular weight is 136 g/mol. The first kappa shape index (κ1) is 8.85. The Labute approximate surface area is 54.6 Å². The van der Waals surface area contributed by atoms with Crippen molar-refractivity contribution in [2.75, 3.05) is 19.9 Å². The molecule has 56 valence electrons. The van der Waals surface area contributed by atoms with Crippen LogP contribution >= 0.6 is 0 Å². The van der Waals surface area contributed by atoms with Crippen molar-refractivity contribution in [2.45, 2.75) is 19.4 Å². The highest BCUT2D eigenvalue weighted by molar-refractivity contribution is 4.48. The molecule has 0 saturated carbocycles. The van der Waals surface area contributed by atoms with Crippen LogP contribution in [0.4, 0.5) is 4.39 Å². The van der Waals surface area contributed by atoms with E-state index < -0.39 is 12.8 Å². The smallest absolute Gasteiger partial charge is 0.118 e. The Balaban J connectivity index is 2.88. The van der Waals surface area contributed by atoms with E-state index in [0.29, 0.717) is 6.61 Å². The van der Waals surface area contributed by atoms with E-state index in [0.717, 1.165) is 6.42 Å². The van der Waals surface area contributed by atoms with Gasteiger partial charge in [0.15, 0.2) is 0 Å². The van der Waals surface area contributed by atoms with Gasteiger partial charge in [0.2, 0.25) is 0 Å². The fraction of sp³-hybridized carbons (Fsp3) is 1.00. The van der Waals surface area contributed by atoms with Crippen LogP contribution in [0.1, 0.15) is 13.3 Å². The molecule has 2 nitrogen and oxygen atoms in total. The maximum Gasteiger partial charge on any atom is 0.118 e. The van der Waals surface area contributed by atoms with Crippen molar-refractivity contribution in [1.29, 1.82) is 0 Å². The first-order chi connectivity index (χ1) is 4.31. The van der Waals surface area contributed by atoms with E-state index in [1.165, 1.54) is 0 Å². The summed E-state index contributed by atoms with van der Waals surface area (Å²) in [4.78, 5) is 0. The molecule has 0 aromatic carbocycles. The van der Waals surface area contributed by atoms with Gasteiger partial charge in [-0.25, -0.2) is 4.39 Å². The zero-order valence-electron chi connectivity index (χ0n) is 5.64. The molecular formula is C6H13FO2. The minimum Gasteiger partial charge on any atom is -0.388 e. The van der Waals surface area contributed by atoms with Gasteiger partial charge in [-0.3, -0.25) is 0 Å².